The summed E-state index contributed by atoms with van der Waals surface area (Å²) < 4.78 is 0. The van der Waals surface area contributed by atoms with E-state index in [-0.39, 0.29) is 0 Å². The summed E-state index contributed by atoms with van der Waals surface area (Å²) in [5, 5.41) is 8.78. The molecule has 106 valence electrons. The van der Waals surface area contributed by atoms with Crippen molar-refractivity contribution in [2.45, 2.75) is 6.54 Å². The quantitative estimate of drug-likeness (QED) is 0.855. The first-order chi connectivity index (χ1) is 10.3. The summed E-state index contributed by atoms with van der Waals surface area (Å²) in [5.74, 6) is 0. The van der Waals surface area contributed by atoms with Crippen LogP contribution in [0.4, 0.5) is 5.69 Å². The van der Waals surface area contributed by atoms with Gasteiger partial charge in [-0.3, -0.25) is 9.88 Å². The Labute approximate surface area is 124 Å². The van der Waals surface area contributed by atoms with Gasteiger partial charge in [0.25, 0.3) is 0 Å². The van der Waals surface area contributed by atoms with Crippen LogP contribution in [0.2, 0.25) is 0 Å². The first-order valence-electron chi connectivity index (χ1n) is 7.07. The van der Waals surface area contributed by atoms with Crippen molar-refractivity contribution in [2.75, 3.05) is 31.1 Å². The van der Waals surface area contributed by atoms with Gasteiger partial charge in [-0.15, -0.1) is 0 Å². The minimum Gasteiger partial charge on any atom is -0.368 e. The van der Waals surface area contributed by atoms with Crippen LogP contribution in [-0.4, -0.2) is 41.0 Å². The van der Waals surface area contributed by atoms with Crippen LogP contribution in [0.5, 0.6) is 0 Å². The van der Waals surface area contributed by atoms with E-state index in [0.717, 1.165) is 38.4 Å². The molecular weight excluding hydrogens is 262 g/mol. The molecule has 0 spiro atoms. The van der Waals surface area contributed by atoms with E-state index < -0.39 is 0 Å². The Morgan fingerprint density at radius 2 is 1.81 bits per heavy atom. The molecule has 0 atom stereocenters. The van der Waals surface area contributed by atoms with Crippen LogP contribution in [0.1, 0.15) is 11.3 Å². The maximum absolute atomic E-state index is 8.78. The van der Waals surface area contributed by atoms with E-state index in [2.05, 4.69) is 31.9 Å². The van der Waals surface area contributed by atoms with Crippen molar-refractivity contribution < 1.29 is 0 Å². The molecule has 1 saturated heterocycles. The lowest BCUT2D eigenvalue weighted by atomic mass is 10.2. The number of hydrogen-bond donors (Lipinski definition) is 0. The van der Waals surface area contributed by atoms with Gasteiger partial charge in [-0.2, -0.15) is 5.26 Å². The molecule has 0 radical (unpaired) electrons. The first kappa shape index (κ1) is 13.5. The Balaban J connectivity index is 1.56. The topological polar surface area (TPSA) is 56.1 Å². The standard InChI is InChI=1S/C16H17N5/c17-11-15-1-2-16(12-19-15)21-9-7-20(8-10-21)13-14-3-5-18-6-4-14/h1-6,12H,7-10,13H2. The van der Waals surface area contributed by atoms with E-state index in [1.165, 1.54) is 5.56 Å². The van der Waals surface area contributed by atoms with Crippen molar-refractivity contribution in [3.8, 4) is 6.07 Å². The third-order valence-corrected chi connectivity index (χ3v) is 3.76. The zero-order valence-corrected chi connectivity index (χ0v) is 11.8. The highest BCUT2D eigenvalue weighted by Gasteiger charge is 2.17. The third-order valence-electron chi connectivity index (χ3n) is 3.76. The summed E-state index contributed by atoms with van der Waals surface area (Å²) in [7, 11) is 0. The summed E-state index contributed by atoms with van der Waals surface area (Å²) in [6, 6.07) is 9.93. The summed E-state index contributed by atoms with van der Waals surface area (Å²) in [6.07, 6.45) is 5.47. The van der Waals surface area contributed by atoms with Gasteiger partial charge in [-0.25, -0.2) is 4.98 Å². The molecule has 0 saturated carbocycles. The highest BCUT2D eigenvalue weighted by atomic mass is 15.3. The first-order valence-corrected chi connectivity index (χ1v) is 7.07. The van der Waals surface area contributed by atoms with Gasteiger partial charge in [0.05, 0.1) is 11.9 Å². The summed E-state index contributed by atoms with van der Waals surface area (Å²) in [6.45, 7) is 5.00. The minimum absolute atomic E-state index is 0.468. The van der Waals surface area contributed by atoms with Crippen molar-refractivity contribution in [2.24, 2.45) is 0 Å². The minimum atomic E-state index is 0.468. The second kappa shape index (κ2) is 6.33. The fourth-order valence-electron chi connectivity index (χ4n) is 2.55. The van der Waals surface area contributed by atoms with Gasteiger partial charge < -0.3 is 4.90 Å². The molecule has 0 amide bonds. The number of nitriles is 1. The molecule has 3 rings (SSSR count). The zero-order valence-electron chi connectivity index (χ0n) is 11.8. The smallest absolute Gasteiger partial charge is 0.140 e. The maximum Gasteiger partial charge on any atom is 0.140 e. The molecule has 3 heterocycles. The number of pyridine rings is 2. The average molecular weight is 279 g/mol. The molecule has 1 aliphatic rings. The fraction of sp³-hybridized carbons (Fsp3) is 0.312. The van der Waals surface area contributed by atoms with Crippen LogP contribution < -0.4 is 4.90 Å². The van der Waals surface area contributed by atoms with E-state index in [4.69, 9.17) is 5.26 Å². The largest absolute Gasteiger partial charge is 0.368 e. The highest BCUT2D eigenvalue weighted by Crippen LogP contribution is 2.16. The van der Waals surface area contributed by atoms with Gasteiger partial charge in [0.2, 0.25) is 0 Å². The molecule has 0 aliphatic carbocycles. The number of piperazine rings is 1. The predicted octanol–water partition coefficient (Wildman–Crippen LogP) is 1.67. The zero-order chi connectivity index (χ0) is 14.5. The van der Waals surface area contributed by atoms with Gasteiger partial charge in [0, 0.05) is 45.1 Å². The molecular formula is C16H17N5. The lowest BCUT2D eigenvalue weighted by Crippen LogP contribution is -2.46. The van der Waals surface area contributed by atoms with Crippen LogP contribution in [-0.2, 0) is 6.54 Å². The van der Waals surface area contributed by atoms with Crippen LogP contribution in [0.3, 0.4) is 0 Å². The van der Waals surface area contributed by atoms with E-state index >= 15 is 0 Å². The molecule has 5 heteroatoms. The van der Waals surface area contributed by atoms with Crippen molar-refractivity contribution in [1.29, 1.82) is 5.26 Å². The molecule has 0 aromatic carbocycles. The SMILES string of the molecule is N#Cc1ccc(N2CCN(Cc3ccncc3)CC2)cn1. The Hall–Kier alpha value is -2.45. The molecule has 0 bridgehead atoms. The van der Waals surface area contributed by atoms with E-state index in [0.29, 0.717) is 5.69 Å². The Kier molecular flexibility index (Phi) is 4.08. The van der Waals surface area contributed by atoms with Crippen LogP contribution in [0.15, 0.2) is 42.9 Å². The Bertz CT molecular complexity index is 609. The van der Waals surface area contributed by atoms with E-state index in [1.54, 1.807) is 12.3 Å². The highest BCUT2D eigenvalue weighted by molar-refractivity contribution is 5.46. The fourth-order valence-corrected chi connectivity index (χ4v) is 2.55. The van der Waals surface area contributed by atoms with E-state index in [1.807, 2.05) is 24.5 Å². The molecule has 1 aliphatic heterocycles. The number of anilines is 1. The summed E-state index contributed by atoms with van der Waals surface area (Å²) in [5.41, 5.74) is 2.87. The van der Waals surface area contributed by atoms with Gasteiger partial charge in [-0.05, 0) is 29.8 Å². The third kappa shape index (κ3) is 3.36. The van der Waals surface area contributed by atoms with Crippen molar-refractivity contribution >= 4 is 5.69 Å². The molecule has 2 aromatic heterocycles. The molecule has 5 nitrogen and oxygen atoms in total. The summed E-state index contributed by atoms with van der Waals surface area (Å²) in [4.78, 5) is 12.9. The number of rotatable bonds is 3. The average Bonchev–Trinajstić information content (AvgIpc) is 2.57. The van der Waals surface area contributed by atoms with Crippen LogP contribution in [0.25, 0.3) is 0 Å². The molecule has 2 aromatic rings. The van der Waals surface area contributed by atoms with E-state index in [9.17, 15) is 0 Å². The van der Waals surface area contributed by atoms with Crippen molar-refractivity contribution in [3.05, 3.63) is 54.1 Å². The monoisotopic (exact) mass is 279 g/mol. The van der Waals surface area contributed by atoms with Gasteiger partial charge in [0.15, 0.2) is 0 Å². The van der Waals surface area contributed by atoms with Crippen LogP contribution >= 0.6 is 0 Å². The van der Waals surface area contributed by atoms with Gasteiger partial charge in [0.1, 0.15) is 11.8 Å². The van der Waals surface area contributed by atoms with Crippen molar-refractivity contribution in [1.82, 2.24) is 14.9 Å². The second-order valence-electron chi connectivity index (χ2n) is 5.13. The van der Waals surface area contributed by atoms with Crippen LogP contribution in [0, 0.1) is 11.3 Å². The normalized spacial score (nSPS) is 15.7. The number of hydrogen-bond acceptors (Lipinski definition) is 5. The van der Waals surface area contributed by atoms with Gasteiger partial charge >= 0.3 is 0 Å². The Morgan fingerprint density at radius 3 is 2.43 bits per heavy atom. The number of nitrogens with zero attached hydrogens (tertiary/aromatic N) is 5. The van der Waals surface area contributed by atoms with Gasteiger partial charge in [-0.1, -0.05) is 0 Å². The molecule has 0 unspecified atom stereocenters. The Morgan fingerprint density at radius 1 is 1.05 bits per heavy atom. The number of aromatic nitrogens is 2. The molecule has 21 heavy (non-hydrogen) atoms. The predicted molar refractivity (Wildman–Crippen MR) is 80.7 cm³/mol. The molecule has 0 N–H and O–H groups in total. The lowest BCUT2D eigenvalue weighted by molar-refractivity contribution is 0.250. The maximum atomic E-state index is 8.78. The molecule has 1 fully saturated rings. The second-order valence-corrected chi connectivity index (χ2v) is 5.13. The lowest BCUT2D eigenvalue weighted by Gasteiger charge is -2.35. The van der Waals surface area contributed by atoms with Crippen molar-refractivity contribution in [3.63, 3.8) is 0 Å². The summed E-state index contributed by atoms with van der Waals surface area (Å²) >= 11 is 0.